The number of ether oxygens (including phenoxy) is 1. The zero-order chi connectivity index (χ0) is 13.0. The zero-order valence-corrected chi connectivity index (χ0v) is 11.5. The summed E-state index contributed by atoms with van der Waals surface area (Å²) in [5, 5.41) is 0. The van der Waals surface area contributed by atoms with Gasteiger partial charge >= 0.3 is 0 Å². The zero-order valence-electron chi connectivity index (χ0n) is 11.5. The van der Waals surface area contributed by atoms with Crippen molar-refractivity contribution in [3.63, 3.8) is 0 Å². The molecule has 0 aliphatic carbocycles. The summed E-state index contributed by atoms with van der Waals surface area (Å²) < 4.78 is 5.76. The van der Waals surface area contributed by atoms with E-state index in [0.29, 0.717) is 0 Å². The van der Waals surface area contributed by atoms with E-state index in [1.165, 1.54) is 5.56 Å². The van der Waals surface area contributed by atoms with Crippen molar-refractivity contribution in [2.75, 3.05) is 19.7 Å². The number of para-hydroxylation sites is 1. The van der Waals surface area contributed by atoms with Crippen LogP contribution < -0.4 is 10.5 Å². The lowest BCUT2D eigenvalue weighted by atomic mass is 10.00. The van der Waals surface area contributed by atoms with Gasteiger partial charge in [0.2, 0.25) is 0 Å². The second kappa shape index (κ2) is 5.72. The van der Waals surface area contributed by atoms with Crippen LogP contribution in [0.15, 0.2) is 24.3 Å². The lowest BCUT2D eigenvalue weighted by molar-refractivity contribution is 0.218. The first-order valence-corrected chi connectivity index (χ1v) is 6.76. The topological polar surface area (TPSA) is 38.5 Å². The first kappa shape index (κ1) is 13.4. The summed E-state index contributed by atoms with van der Waals surface area (Å²) in [6, 6.07) is 8.32. The first-order chi connectivity index (χ1) is 8.54. The standard InChI is InChI=1S/C15H24N2O/c1-15(2,16)8-5-9-17-10-11-18-14-7-4-3-6-13(14)12-17/h3-4,6-7H,5,8-12,16H2,1-2H3. The first-order valence-electron chi connectivity index (χ1n) is 6.76. The van der Waals surface area contributed by atoms with Crippen LogP contribution >= 0.6 is 0 Å². The Morgan fingerprint density at radius 3 is 2.89 bits per heavy atom. The van der Waals surface area contributed by atoms with Gasteiger partial charge in [0, 0.05) is 24.2 Å². The Hall–Kier alpha value is -1.06. The van der Waals surface area contributed by atoms with Crippen LogP contribution in [0.3, 0.4) is 0 Å². The van der Waals surface area contributed by atoms with Gasteiger partial charge in [-0.3, -0.25) is 4.90 Å². The number of nitrogens with zero attached hydrogens (tertiary/aromatic N) is 1. The Labute approximate surface area is 110 Å². The normalized spacial score (nSPS) is 16.8. The molecular weight excluding hydrogens is 224 g/mol. The molecule has 18 heavy (non-hydrogen) atoms. The summed E-state index contributed by atoms with van der Waals surface area (Å²) in [7, 11) is 0. The number of hydrogen-bond donors (Lipinski definition) is 1. The molecule has 3 nitrogen and oxygen atoms in total. The molecule has 1 aromatic carbocycles. The van der Waals surface area contributed by atoms with Crippen molar-refractivity contribution < 1.29 is 4.74 Å². The molecule has 0 saturated carbocycles. The summed E-state index contributed by atoms with van der Waals surface area (Å²) in [6.45, 7) is 8.05. The molecule has 0 atom stereocenters. The summed E-state index contributed by atoms with van der Waals surface area (Å²) in [5.41, 5.74) is 7.25. The average molecular weight is 248 g/mol. The van der Waals surface area contributed by atoms with Crippen LogP contribution in [0.4, 0.5) is 0 Å². The van der Waals surface area contributed by atoms with Crippen LogP contribution in [0.2, 0.25) is 0 Å². The molecule has 0 aromatic heterocycles. The van der Waals surface area contributed by atoms with Crippen molar-refractivity contribution >= 4 is 0 Å². The van der Waals surface area contributed by atoms with Gasteiger partial charge in [0.15, 0.2) is 0 Å². The van der Waals surface area contributed by atoms with Crippen LogP contribution in [-0.4, -0.2) is 30.1 Å². The van der Waals surface area contributed by atoms with E-state index in [4.69, 9.17) is 10.5 Å². The van der Waals surface area contributed by atoms with Gasteiger partial charge in [-0.25, -0.2) is 0 Å². The SMILES string of the molecule is CC(C)(N)CCCN1CCOc2ccccc2C1. The quantitative estimate of drug-likeness (QED) is 0.889. The van der Waals surface area contributed by atoms with Crippen LogP contribution in [0, 0.1) is 0 Å². The van der Waals surface area contributed by atoms with Crippen LogP contribution in [0.25, 0.3) is 0 Å². The van der Waals surface area contributed by atoms with Crippen LogP contribution in [0.1, 0.15) is 32.3 Å². The number of fused-ring (bicyclic) bond motifs is 1. The van der Waals surface area contributed by atoms with E-state index < -0.39 is 0 Å². The molecule has 0 amide bonds. The second-order valence-electron chi connectivity index (χ2n) is 5.82. The maximum atomic E-state index is 6.02. The van der Waals surface area contributed by atoms with E-state index in [2.05, 4.69) is 36.9 Å². The van der Waals surface area contributed by atoms with E-state index in [0.717, 1.165) is 44.8 Å². The molecule has 1 aliphatic rings. The third-order valence-electron chi connectivity index (χ3n) is 3.33. The van der Waals surface area contributed by atoms with Crippen LogP contribution in [0.5, 0.6) is 5.75 Å². The minimum absolute atomic E-state index is 0.0553. The van der Waals surface area contributed by atoms with E-state index in [1.54, 1.807) is 0 Å². The van der Waals surface area contributed by atoms with Gasteiger partial charge in [-0.1, -0.05) is 18.2 Å². The maximum Gasteiger partial charge on any atom is 0.123 e. The highest BCUT2D eigenvalue weighted by Gasteiger charge is 2.16. The number of nitrogens with two attached hydrogens (primary N) is 1. The molecule has 0 radical (unpaired) electrons. The highest BCUT2D eigenvalue weighted by molar-refractivity contribution is 5.33. The monoisotopic (exact) mass is 248 g/mol. The minimum Gasteiger partial charge on any atom is -0.492 e. The predicted molar refractivity (Wildman–Crippen MR) is 74.7 cm³/mol. The van der Waals surface area contributed by atoms with Crippen LogP contribution in [-0.2, 0) is 6.54 Å². The largest absolute Gasteiger partial charge is 0.492 e. The van der Waals surface area contributed by atoms with Gasteiger partial charge in [0.25, 0.3) is 0 Å². The fraction of sp³-hybridized carbons (Fsp3) is 0.600. The summed E-state index contributed by atoms with van der Waals surface area (Å²) >= 11 is 0. The van der Waals surface area contributed by atoms with Gasteiger partial charge in [-0.05, 0) is 39.3 Å². The van der Waals surface area contributed by atoms with E-state index >= 15 is 0 Å². The smallest absolute Gasteiger partial charge is 0.123 e. The highest BCUT2D eigenvalue weighted by Crippen LogP contribution is 2.22. The molecule has 1 heterocycles. The number of hydrogen-bond acceptors (Lipinski definition) is 3. The molecule has 2 N–H and O–H groups in total. The third kappa shape index (κ3) is 4.00. The Bertz CT molecular complexity index is 384. The van der Waals surface area contributed by atoms with Crippen molar-refractivity contribution in [3.8, 4) is 5.75 Å². The Morgan fingerprint density at radius 2 is 2.11 bits per heavy atom. The molecule has 1 aliphatic heterocycles. The fourth-order valence-corrected chi connectivity index (χ4v) is 2.33. The molecule has 1 aromatic rings. The van der Waals surface area contributed by atoms with E-state index in [1.807, 2.05) is 6.07 Å². The summed E-state index contributed by atoms with van der Waals surface area (Å²) in [4.78, 5) is 2.46. The molecule has 3 heteroatoms. The Balaban J connectivity index is 1.88. The Kier molecular flexibility index (Phi) is 4.25. The third-order valence-corrected chi connectivity index (χ3v) is 3.33. The molecule has 0 unspecified atom stereocenters. The molecule has 100 valence electrons. The summed E-state index contributed by atoms with van der Waals surface area (Å²) in [5.74, 6) is 1.04. The molecule has 2 rings (SSSR count). The molecule has 0 spiro atoms. The highest BCUT2D eigenvalue weighted by atomic mass is 16.5. The second-order valence-corrected chi connectivity index (χ2v) is 5.82. The molecule has 0 saturated heterocycles. The van der Waals surface area contributed by atoms with Crippen molar-refractivity contribution in [1.29, 1.82) is 0 Å². The van der Waals surface area contributed by atoms with Gasteiger partial charge in [-0.15, -0.1) is 0 Å². The molecular formula is C15H24N2O. The lowest BCUT2D eigenvalue weighted by Crippen LogP contribution is -2.34. The van der Waals surface area contributed by atoms with Crippen molar-refractivity contribution in [3.05, 3.63) is 29.8 Å². The molecule has 0 fully saturated rings. The van der Waals surface area contributed by atoms with Gasteiger partial charge in [0.1, 0.15) is 12.4 Å². The van der Waals surface area contributed by atoms with E-state index in [9.17, 15) is 0 Å². The van der Waals surface area contributed by atoms with E-state index in [-0.39, 0.29) is 5.54 Å². The van der Waals surface area contributed by atoms with Gasteiger partial charge in [0.05, 0.1) is 0 Å². The van der Waals surface area contributed by atoms with Gasteiger partial charge < -0.3 is 10.5 Å². The average Bonchev–Trinajstić information content (AvgIpc) is 2.49. The number of benzene rings is 1. The van der Waals surface area contributed by atoms with Gasteiger partial charge in [-0.2, -0.15) is 0 Å². The lowest BCUT2D eigenvalue weighted by Gasteiger charge is -2.23. The van der Waals surface area contributed by atoms with Crippen molar-refractivity contribution in [2.24, 2.45) is 5.73 Å². The molecule has 0 bridgehead atoms. The predicted octanol–water partition coefficient (Wildman–Crippen LogP) is 2.40. The maximum absolute atomic E-state index is 6.02. The number of rotatable bonds is 4. The minimum atomic E-state index is -0.0553. The summed E-state index contributed by atoms with van der Waals surface area (Å²) in [6.07, 6.45) is 2.21. The fourth-order valence-electron chi connectivity index (χ4n) is 2.33. The Morgan fingerprint density at radius 1 is 1.33 bits per heavy atom. The van der Waals surface area contributed by atoms with Crippen molar-refractivity contribution in [2.45, 2.75) is 38.8 Å². The van der Waals surface area contributed by atoms with Crippen molar-refractivity contribution in [1.82, 2.24) is 4.90 Å².